The zero-order valence-electron chi connectivity index (χ0n) is 12.7. The van der Waals surface area contributed by atoms with Gasteiger partial charge < -0.3 is 15.0 Å². The number of aromatic nitrogens is 3. The van der Waals surface area contributed by atoms with Crippen molar-refractivity contribution in [3.8, 4) is 0 Å². The predicted octanol–water partition coefficient (Wildman–Crippen LogP) is 2.16. The average Bonchev–Trinajstić information content (AvgIpc) is 3.04. The average molecular weight is 289 g/mol. The number of anilines is 1. The third-order valence-electron chi connectivity index (χ3n) is 3.96. The fourth-order valence-electron chi connectivity index (χ4n) is 3.09. The molecule has 6 heteroatoms. The molecule has 0 aromatic carbocycles. The fraction of sp³-hybridized carbons (Fsp3) is 0.600. The Hall–Kier alpha value is -1.66. The number of rotatable bonds is 5. The highest BCUT2D eigenvalue weighted by molar-refractivity contribution is 5.77. The zero-order chi connectivity index (χ0) is 14.8. The molecule has 0 unspecified atom stereocenters. The summed E-state index contributed by atoms with van der Waals surface area (Å²) in [6.07, 6.45) is 6.77. The number of hydrogen-bond donors (Lipinski definition) is 1. The van der Waals surface area contributed by atoms with Crippen LogP contribution >= 0.6 is 0 Å². The van der Waals surface area contributed by atoms with Crippen molar-refractivity contribution in [1.29, 1.82) is 0 Å². The smallest absolute Gasteiger partial charge is 0.221 e. The van der Waals surface area contributed by atoms with E-state index >= 15 is 0 Å². The van der Waals surface area contributed by atoms with Crippen LogP contribution in [0.5, 0.6) is 0 Å². The van der Waals surface area contributed by atoms with Crippen LogP contribution in [0.1, 0.15) is 37.4 Å². The number of nitrogens with two attached hydrogens (primary N) is 1. The molecule has 2 aromatic heterocycles. The van der Waals surface area contributed by atoms with Crippen molar-refractivity contribution >= 4 is 17.0 Å². The van der Waals surface area contributed by atoms with Crippen LogP contribution in [0.3, 0.4) is 0 Å². The van der Waals surface area contributed by atoms with E-state index in [1.807, 2.05) is 19.0 Å². The van der Waals surface area contributed by atoms with Gasteiger partial charge in [0.1, 0.15) is 5.65 Å². The molecule has 114 valence electrons. The van der Waals surface area contributed by atoms with Crippen molar-refractivity contribution in [3.63, 3.8) is 0 Å². The van der Waals surface area contributed by atoms with Crippen LogP contribution in [-0.2, 0) is 11.3 Å². The standard InChI is InChI=1S/C15H23N5O/c1-19(2)10-21-9-13-7-11-8-17-15(16)18-14(11)20(13)12-5-3-4-6-12/h7-8,12H,3-6,9-10H2,1-2H3,(H2,16,17,18). The van der Waals surface area contributed by atoms with Crippen LogP contribution in [0.2, 0.25) is 0 Å². The minimum absolute atomic E-state index is 0.334. The molecule has 2 heterocycles. The van der Waals surface area contributed by atoms with Crippen LogP contribution in [0.4, 0.5) is 5.95 Å². The summed E-state index contributed by atoms with van der Waals surface area (Å²) < 4.78 is 8.08. The van der Waals surface area contributed by atoms with Crippen LogP contribution < -0.4 is 5.73 Å². The van der Waals surface area contributed by atoms with Crippen molar-refractivity contribution in [3.05, 3.63) is 18.0 Å². The molecule has 2 N–H and O–H groups in total. The van der Waals surface area contributed by atoms with Gasteiger partial charge in [-0.25, -0.2) is 4.98 Å². The van der Waals surface area contributed by atoms with E-state index in [1.165, 1.54) is 31.4 Å². The highest BCUT2D eigenvalue weighted by Gasteiger charge is 2.22. The number of nitrogens with zero attached hydrogens (tertiary/aromatic N) is 4. The molecule has 0 atom stereocenters. The topological polar surface area (TPSA) is 69.2 Å². The maximum absolute atomic E-state index is 5.77. The molecule has 1 aliphatic rings. The Bertz CT molecular complexity index is 616. The van der Waals surface area contributed by atoms with Gasteiger partial charge in [0.15, 0.2) is 0 Å². The van der Waals surface area contributed by atoms with Crippen molar-refractivity contribution in [2.45, 2.75) is 38.3 Å². The van der Waals surface area contributed by atoms with E-state index in [2.05, 4.69) is 20.6 Å². The van der Waals surface area contributed by atoms with Crippen LogP contribution in [0, 0.1) is 0 Å². The van der Waals surface area contributed by atoms with Gasteiger partial charge in [-0.2, -0.15) is 4.98 Å². The molecule has 0 aliphatic heterocycles. The minimum atomic E-state index is 0.334. The second-order valence-corrected chi connectivity index (χ2v) is 6.01. The summed E-state index contributed by atoms with van der Waals surface area (Å²) in [7, 11) is 4.00. The zero-order valence-corrected chi connectivity index (χ0v) is 12.7. The van der Waals surface area contributed by atoms with Crippen molar-refractivity contribution in [2.24, 2.45) is 0 Å². The molecule has 3 rings (SSSR count). The Balaban J connectivity index is 1.94. The van der Waals surface area contributed by atoms with Gasteiger partial charge >= 0.3 is 0 Å². The van der Waals surface area contributed by atoms with Gasteiger partial charge in [0.25, 0.3) is 0 Å². The van der Waals surface area contributed by atoms with Crippen molar-refractivity contribution in [1.82, 2.24) is 19.4 Å². The summed E-state index contributed by atoms with van der Waals surface area (Å²) in [5.74, 6) is 0.334. The second-order valence-electron chi connectivity index (χ2n) is 6.01. The first-order chi connectivity index (χ1) is 10.1. The van der Waals surface area contributed by atoms with Gasteiger partial charge in [-0.15, -0.1) is 0 Å². The molecule has 1 aliphatic carbocycles. The first kappa shape index (κ1) is 14.3. The quantitative estimate of drug-likeness (QED) is 0.854. The largest absolute Gasteiger partial charge is 0.368 e. The van der Waals surface area contributed by atoms with Crippen LogP contribution in [0.15, 0.2) is 12.3 Å². The molecular formula is C15H23N5O. The minimum Gasteiger partial charge on any atom is -0.368 e. The molecule has 0 saturated heterocycles. The first-order valence-electron chi connectivity index (χ1n) is 7.50. The predicted molar refractivity (Wildman–Crippen MR) is 82.8 cm³/mol. The number of hydrogen-bond acceptors (Lipinski definition) is 5. The number of ether oxygens (including phenoxy) is 1. The summed E-state index contributed by atoms with van der Waals surface area (Å²) in [6, 6.07) is 2.64. The lowest BCUT2D eigenvalue weighted by Gasteiger charge is -2.18. The van der Waals surface area contributed by atoms with Gasteiger partial charge in [-0.1, -0.05) is 12.8 Å². The van der Waals surface area contributed by atoms with Crippen molar-refractivity contribution in [2.75, 3.05) is 26.6 Å². The van der Waals surface area contributed by atoms with Crippen LogP contribution in [-0.4, -0.2) is 40.3 Å². The molecule has 0 amide bonds. The van der Waals surface area contributed by atoms with E-state index in [4.69, 9.17) is 10.5 Å². The molecule has 6 nitrogen and oxygen atoms in total. The first-order valence-corrected chi connectivity index (χ1v) is 7.50. The molecule has 0 radical (unpaired) electrons. The van der Waals surface area contributed by atoms with E-state index < -0.39 is 0 Å². The highest BCUT2D eigenvalue weighted by atomic mass is 16.5. The Labute approximate surface area is 124 Å². The molecular weight excluding hydrogens is 266 g/mol. The highest BCUT2D eigenvalue weighted by Crippen LogP contribution is 2.34. The summed E-state index contributed by atoms with van der Waals surface area (Å²) in [5.41, 5.74) is 7.87. The Kier molecular flexibility index (Phi) is 4.07. The SMILES string of the molecule is CN(C)COCc1cc2cnc(N)nc2n1C1CCCC1. The third kappa shape index (κ3) is 3.01. The number of fused-ring (bicyclic) bond motifs is 1. The summed E-state index contributed by atoms with van der Waals surface area (Å²) >= 11 is 0. The molecule has 2 aromatic rings. The lowest BCUT2D eigenvalue weighted by molar-refractivity contribution is 0.0415. The van der Waals surface area contributed by atoms with Gasteiger partial charge in [0.05, 0.1) is 13.3 Å². The summed E-state index contributed by atoms with van der Waals surface area (Å²) in [5, 5.41) is 1.04. The van der Waals surface area contributed by atoms with E-state index in [1.54, 1.807) is 6.20 Å². The van der Waals surface area contributed by atoms with E-state index in [9.17, 15) is 0 Å². The third-order valence-corrected chi connectivity index (χ3v) is 3.96. The Morgan fingerprint density at radius 1 is 1.38 bits per heavy atom. The molecule has 1 saturated carbocycles. The molecule has 0 bridgehead atoms. The Morgan fingerprint density at radius 3 is 2.86 bits per heavy atom. The maximum Gasteiger partial charge on any atom is 0.221 e. The van der Waals surface area contributed by atoms with Gasteiger partial charge in [0.2, 0.25) is 5.95 Å². The van der Waals surface area contributed by atoms with E-state index in [-0.39, 0.29) is 0 Å². The summed E-state index contributed by atoms with van der Waals surface area (Å²) in [6.45, 7) is 1.20. The maximum atomic E-state index is 5.77. The van der Waals surface area contributed by atoms with E-state index in [0.717, 1.165) is 11.0 Å². The monoisotopic (exact) mass is 289 g/mol. The van der Waals surface area contributed by atoms with Gasteiger partial charge in [0, 0.05) is 23.3 Å². The Morgan fingerprint density at radius 2 is 2.14 bits per heavy atom. The normalized spacial score (nSPS) is 16.3. The van der Waals surface area contributed by atoms with Crippen molar-refractivity contribution < 1.29 is 4.74 Å². The molecule has 21 heavy (non-hydrogen) atoms. The second kappa shape index (κ2) is 5.99. The molecule has 0 spiro atoms. The number of nitrogen functional groups attached to an aromatic ring is 1. The fourth-order valence-corrected chi connectivity index (χ4v) is 3.09. The summed E-state index contributed by atoms with van der Waals surface area (Å²) in [4.78, 5) is 10.6. The molecule has 1 fully saturated rings. The lowest BCUT2D eigenvalue weighted by atomic mass is 10.2. The van der Waals surface area contributed by atoms with Gasteiger partial charge in [-0.3, -0.25) is 4.90 Å². The lowest BCUT2D eigenvalue weighted by Crippen LogP contribution is -2.17. The van der Waals surface area contributed by atoms with Crippen LogP contribution in [0.25, 0.3) is 11.0 Å². The van der Waals surface area contributed by atoms with Gasteiger partial charge in [-0.05, 0) is 33.0 Å². The van der Waals surface area contributed by atoms with E-state index in [0.29, 0.717) is 25.3 Å².